The van der Waals surface area contributed by atoms with Gasteiger partial charge in [0.15, 0.2) is 11.5 Å². The molecule has 0 N–H and O–H groups in total. The van der Waals surface area contributed by atoms with Gasteiger partial charge in [-0.15, -0.1) is 11.8 Å². The first-order chi connectivity index (χ1) is 13.7. The molecular weight excluding hydrogens is 372 g/mol. The second kappa shape index (κ2) is 8.68. The summed E-state index contributed by atoms with van der Waals surface area (Å²) in [6.45, 7) is 0. The van der Waals surface area contributed by atoms with Crippen LogP contribution in [0.3, 0.4) is 0 Å². The molecule has 0 spiro atoms. The van der Waals surface area contributed by atoms with Crippen molar-refractivity contribution in [3.8, 4) is 45.7 Å². The van der Waals surface area contributed by atoms with E-state index in [0.717, 1.165) is 22.4 Å². The lowest BCUT2D eigenvalue weighted by Crippen LogP contribution is -1.98. The molecule has 0 saturated carbocycles. The summed E-state index contributed by atoms with van der Waals surface area (Å²) in [4.78, 5) is 4.69. The highest BCUT2D eigenvalue weighted by atomic mass is 32.2. The summed E-state index contributed by atoms with van der Waals surface area (Å²) in [7, 11) is 4.70. The van der Waals surface area contributed by atoms with Crippen LogP contribution in [0.4, 0.5) is 0 Å². The van der Waals surface area contributed by atoms with E-state index in [-0.39, 0.29) is 0 Å². The average Bonchev–Trinajstić information content (AvgIpc) is 2.77. The van der Waals surface area contributed by atoms with E-state index in [4.69, 9.17) is 19.2 Å². The number of ether oxygens (including phenoxy) is 3. The molecule has 6 heteroatoms. The van der Waals surface area contributed by atoms with Crippen LogP contribution in [0, 0.1) is 11.3 Å². The Balaban J connectivity index is 2.30. The van der Waals surface area contributed by atoms with Crippen LogP contribution in [-0.2, 0) is 0 Å². The van der Waals surface area contributed by atoms with Crippen molar-refractivity contribution < 1.29 is 14.2 Å². The van der Waals surface area contributed by atoms with E-state index in [1.54, 1.807) is 21.3 Å². The van der Waals surface area contributed by atoms with Gasteiger partial charge in [-0.2, -0.15) is 5.26 Å². The zero-order valence-corrected chi connectivity index (χ0v) is 17.0. The van der Waals surface area contributed by atoms with Crippen molar-refractivity contribution in [2.45, 2.75) is 5.03 Å². The summed E-state index contributed by atoms with van der Waals surface area (Å²) in [6.07, 6.45) is 1.91. The first-order valence-corrected chi connectivity index (χ1v) is 9.74. The predicted octanol–water partition coefficient (Wildman–Crippen LogP) is 5.03. The zero-order valence-electron chi connectivity index (χ0n) is 16.1. The van der Waals surface area contributed by atoms with Crippen LogP contribution in [-0.4, -0.2) is 32.6 Å². The first kappa shape index (κ1) is 19.6. The predicted molar refractivity (Wildman–Crippen MR) is 111 cm³/mol. The van der Waals surface area contributed by atoms with Crippen LogP contribution in [0.2, 0.25) is 0 Å². The van der Waals surface area contributed by atoms with Gasteiger partial charge in [0.05, 0.1) is 32.6 Å². The molecule has 0 aliphatic heterocycles. The molecule has 28 heavy (non-hydrogen) atoms. The van der Waals surface area contributed by atoms with E-state index in [1.807, 2.05) is 54.8 Å². The van der Waals surface area contributed by atoms with Crippen LogP contribution >= 0.6 is 11.8 Å². The average molecular weight is 392 g/mol. The minimum atomic E-state index is 0.509. The second-order valence-electron chi connectivity index (χ2n) is 5.83. The second-order valence-corrected chi connectivity index (χ2v) is 6.63. The molecule has 0 unspecified atom stereocenters. The number of rotatable bonds is 6. The number of hydrogen-bond donors (Lipinski definition) is 0. The first-order valence-electron chi connectivity index (χ1n) is 8.51. The smallest absolute Gasteiger partial charge is 0.203 e. The molecule has 0 fully saturated rings. The van der Waals surface area contributed by atoms with Crippen molar-refractivity contribution in [1.29, 1.82) is 5.26 Å². The number of methoxy groups -OCH3 is 3. The largest absolute Gasteiger partial charge is 0.493 e. The molecular formula is C22H20N2O3S. The van der Waals surface area contributed by atoms with Crippen molar-refractivity contribution in [2.75, 3.05) is 27.6 Å². The fraction of sp³-hybridized carbons (Fsp3) is 0.182. The molecule has 142 valence electrons. The Morgan fingerprint density at radius 3 is 2.04 bits per heavy atom. The maximum atomic E-state index is 9.82. The van der Waals surface area contributed by atoms with Crippen molar-refractivity contribution in [3.05, 3.63) is 54.1 Å². The van der Waals surface area contributed by atoms with Crippen LogP contribution in [0.25, 0.3) is 22.4 Å². The van der Waals surface area contributed by atoms with E-state index in [1.165, 1.54) is 11.8 Å². The van der Waals surface area contributed by atoms with E-state index in [2.05, 4.69) is 6.07 Å². The number of hydrogen-bond acceptors (Lipinski definition) is 6. The Bertz CT molecular complexity index is 1000. The summed E-state index contributed by atoms with van der Waals surface area (Å²) < 4.78 is 16.4. The minimum Gasteiger partial charge on any atom is -0.493 e. The Morgan fingerprint density at radius 1 is 0.893 bits per heavy atom. The lowest BCUT2D eigenvalue weighted by Gasteiger charge is -2.16. The van der Waals surface area contributed by atoms with Crippen molar-refractivity contribution in [2.24, 2.45) is 0 Å². The molecule has 1 heterocycles. The maximum absolute atomic E-state index is 9.82. The van der Waals surface area contributed by atoms with E-state index in [0.29, 0.717) is 27.8 Å². The third-order valence-corrected chi connectivity index (χ3v) is 5.02. The number of aromatic nitrogens is 1. The molecule has 0 bridgehead atoms. The molecule has 0 atom stereocenters. The van der Waals surface area contributed by atoms with E-state index in [9.17, 15) is 5.26 Å². The Kier molecular flexibility index (Phi) is 6.07. The van der Waals surface area contributed by atoms with Gasteiger partial charge in [-0.05, 0) is 30.0 Å². The molecule has 3 rings (SSSR count). The highest BCUT2D eigenvalue weighted by Crippen LogP contribution is 2.43. The van der Waals surface area contributed by atoms with Gasteiger partial charge in [0.25, 0.3) is 0 Å². The third kappa shape index (κ3) is 3.62. The van der Waals surface area contributed by atoms with Crippen molar-refractivity contribution >= 4 is 11.8 Å². The quantitative estimate of drug-likeness (QED) is 0.548. The van der Waals surface area contributed by atoms with Crippen LogP contribution in [0.15, 0.2) is 53.6 Å². The SMILES string of the molecule is COc1cc(-c2cc(-c3ccccc3)nc(SC)c2C#N)cc(OC)c1OC. The minimum absolute atomic E-state index is 0.509. The summed E-state index contributed by atoms with van der Waals surface area (Å²) in [5.41, 5.74) is 3.85. The molecule has 0 radical (unpaired) electrons. The van der Waals surface area contributed by atoms with Gasteiger partial charge in [0.1, 0.15) is 11.1 Å². The molecule has 0 amide bonds. The number of nitrogens with zero attached hydrogens (tertiary/aromatic N) is 2. The summed E-state index contributed by atoms with van der Waals surface area (Å²) in [5.74, 6) is 1.57. The highest BCUT2D eigenvalue weighted by Gasteiger charge is 2.19. The highest BCUT2D eigenvalue weighted by molar-refractivity contribution is 7.98. The third-order valence-electron chi connectivity index (χ3n) is 4.34. The van der Waals surface area contributed by atoms with Crippen molar-refractivity contribution in [1.82, 2.24) is 4.98 Å². The molecule has 1 aromatic heterocycles. The summed E-state index contributed by atoms with van der Waals surface area (Å²) in [5, 5.41) is 10.5. The number of benzene rings is 2. The van der Waals surface area contributed by atoms with Gasteiger partial charge in [-0.3, -0.25) is 0 Å². The van der Waals surface area contributed by atoms with Gasteiger partial charge in [-0.25, -0.2) is 4.98 Å². The van der Waals surface area contributed by atoms with Gasteiger partial charge >= 0.3 is 0 Å². The van der Waals surface area contributed by atoms with Crippen molar-refractivity contribution in [3.63, 3.8) is 0 Å². The lowest BCUT2D eigenvalue weighted by atomic mass is 9.98. The molecule has 2 aromatic carbocycles. The molecule has 3 aromatic rings. The zero-order chi connectivity index (χ0) is 20.1. The lowest BCUT2D eigenvalue weighted by molar-refractivity contribution is 0.324. The molecule has 0 saturated heterocycles. The fourth-order valence-corrected chi connectivity index (χ4v) is 3.55. The van der Waals surface area contributed by atoms with E-state index >= 15 is 0 Å². The van der Waals surface area contributed by atoms with Gasteiger partial charge in [0.2, 0.25) is 5.75 Å². The monoisotopic (exact) mass is 392 g/mol. The van der Waals surface area contributed by atoms with Gasteiger partial charge in [-0.1, -0.05) is 30.3 Å². The van der Waals surface area contributed by atoms with Gasteiger partial charge < -0.3 is 14.2 Å². The van der Waals surface area contributed by atoms with Crippen LogP contribution < -0.4 is 14.2 Å². The summed E-state index contributed by atoms with van der Waals surface area (Å²) in [6, 6.07) is 17.8. The Labute approximate surface area is 168 Å². The molecule has 5 nitrogen and oxygen atoms in total. The number of pyridine rings is 1. The van der Waals surface area contributed by atoms with E-state index < -0.39 is 0 Å². The van der Waals surface area contributed by atoms with Crippen LogP contribution in [0.1, 0.15) is 5.56 Å². The molecule has 0 aliphatic carbocycles. The Hall–Kier alpha value is -3.17. The Morgan fingerprint density at radius 2 is 1.54 bits per heavy atom. The standard InChI is InChI=1S/C22H20N2O3S/c1-25-19-10-15(11-20(26-2)21(19)27-3)16-12-18(14-8-6-5-7-9-14)24-22(28-4)17(16)13-23/h5-12H,1-4H3. The topological polar surface area (TPSA) is 64.4 Å². The number of nitriles is 1. The van der Waals surface area contributed by atoms with Gasteiger partial charge in [0, 0.05) is 11.1 Å². The summed E-state index contributed by atoms with van der Waals surface area (Å²) >= 11 is 1.44. The number of thioether (sulfide) groups is 1. The molecule has 0 aliphatic rings. The maximum Gasteiger partial charge on any atom is 0.203 e. The normalized spacial score (nSPS) is 10.2. The fourth-order valence-electron chi connectivity index (χ4n) is 3.00. The van der Waals surface area contributed by atoms with Crippen LogP contribution in [0.5, 0.6) is 17.2 Å².